The van der Waals surface area contributed by atoms with Crippen LogP contribution in [-0.4, -0.2) is 41.4 Å². The summed E-state index contributed by atoms with van der Waals surface area (Å²) in [6.07, 6.45) is -0.0918. The van der Waals surface area contributed by atoms with E-state index in [1.807, 2.05) is 13.0 Å². The van der Waals surface area contributed by atoms with Crippen molar-refractivity contribution in [1.82, 2.24) is 10.3 Å². The molecule has 2 N–H and O–H groups in total. The summed E-state index contributed by atoms with van der Waals surface area (Å²) in [4.78, 5) is 17.0. The predicted octanol–water partition coefficient (Wildman–Crippen LogP) is 2.08. The lowest BCUT2D eigenvalue weighted by atomic mass is 10.0. The highest BCUT2D eigenvalue weighted by atomic mass is 35.5. The number of hydrogen-bond donors (Lipinski definition) is 2. The molecule has 116 valence electrons. The van der Waals surface area contributed by atoms with E-state index in [1.54, 1.807) is 18.2 Å². The van der Waals surface area contributed by atoms with E-state index in [0.717, 1.165) is 5.69 Å². The summed E-state index contributed by atoms with van der Waals surface area (Å²) in [5.74, 6) is -0.233. The van der Waals surface area contributed by atoms with Gasteiger partial charge in [0.05, 0.1) is 34.9 Å². The minimum absolute atomic E-state index is 0.233. The molecule has 1 aromatic carbocycles. The topological polar surface area (TPSA) is 71.5 Å². The third-order valence-corrected chi connectivity index (χ3v) is 4.11. The summed E-state index contributed by atoms with van der Waals surface area (Å²) in [7, 11) is 0. The Morgan fingerprint density at radius 1 is 1.50 bits per heavy atom. The van der Waals surface area contributed by atoms with Crippen molar-refractivity contribution in [2.24, 2.45) is 0 Å². The Morgan fingerprint density at radius 3 is 3.09 bits per heavy atom. The Hall–Kier alpha value is -1.69. The summed E-state index contributed by atoms with van der Waals surface area (Å²) in [5.41, 5.74) is 1.85. The Bertz CT molecular complexity index is 720. The van der Waals surface area contributed by atoms with Gasteiger partial charge in [0.2, 0.25) is 0 Å². The number of ether oxygens (including phenoxy) is 1. The first-order valence-electron chi connectivity index (χ1n) is 7.19. The van der Waals surface area contributed by atoms with Crippen LogP contribution in [0.25, 0.3) is 10.9 Å². The fourth-order valence-electron chi connectivity index (χ4n) is 2.67. The third kappa shape index (κ3) is 2.92. The number of para-hydroxylation sites is 1. The molecule has 1 amide bonds. The molecule has 2 aromatic rings. The smallest absolute Gasteiger partial charge is 0.252 e. The summed E-state index contributed by atoms with van der Waals surface area (Å²) in [6.45, 7) is 2.60. The van der Waals surface area contributed by atoms with Crippen molar-refractivity contribution in [2.75, 3.05) is 13.2 Å². The molecule has 1 aromatic heterocycles. The lowest BCUT2D eigenvalue weighted by molar-refractivity contribution is -0.0260. The van der Waals surface area contributed by atoms with Crippen molar-refractivity contribution in [3.05, 3.63) is 40.5 Å². The van der Waals surface area contributed by atoms with Gasteiger partial charge >= 0.3 is 0 Å². The van der Waals surface area contributed by atoms with Gasteiger partial charge < -0.3 is 15.2 Å². The maximum absolute atomic E-state index is 12.6. The maximum atomic E-state index is 12.6. The molecular weight excluding hydrogens is 304 g/mol. The number of carbonyl (C=O) groups is 1. The van der Waals surface area contributed by atoms with Crippen molar-refractivity contribution in [3.63, 3.8) is 0 Å². The number of rotatable bonds is 2. The molecule has 5 nitrogen and oxygen atoms in total. The molecular formula is C16H17ClN2O3. The van der Waals surface area contributed by atoms with Gasteiger partial charge in [-0.3, -0.25) is 9.78 Å². The summed E-state index contributed by atoms with van der Waals surface area (Å²) < 4.78 is 5.18. The van der Waals surface area contributed by atoms with Gasteiger partial charge in [0.25, 0.3) is 5.91 Å². The first-order valence-corrected chi connectivity index (χ1v) is 7.56. The number of fused-ring (bicyclic) bond motifs is 1. The van der Waals surface area contributed by atoms with Crippen LogP contribution in [-0.2, 0) is 4.74 Å². The van der Waals surface area contributed by atoms with Crippen LogP contribution in [0.3, 0.4) is 0 Å². The standard InChI is InChI=1S/C16H17ClN2O3/c1-9-7-11(10-3-2-4-12(17)15(10)18-9)16(21)19-13-5-6-22-8-14(13)20/h2-4,7,13-14,20H,5-6,8H2,1H3,(H,19,21)/t13-,14-/m1/s1. The van der Waals surface area contributed by atoms with Crippen LogP contribution >= 0.6 is 11.6 Å². The van der Waals surface area contributed by atoms with E-state index in [9.17, 15) is 9.90 Å². The van der Waals surface area contributed by atoms with Crippen LogP contribution in [0, 0.1) is 6.92 Å². The predicted molar refractivity (Wildman–Crippen MR) is 84.2 cm³/mol. The lowest BCUT2D eigenvalue weighted by Gasteiger charge is -2.28. The number of benzene rings is 1. The molecule has 22 heavy (non-hydrogen) atoms. The number of pyridine rings is 1. The molecule has 1 saturated heterocycles. The van der Waals surface area contributed by atoms with Crippen molar-refractivity contribution >= 4 is 28.4 Å². The van der Waals surface area contributed by atoms with E-state index >= 15 is 0 Å². The lowest BCUT2D eigenvalue weighted by Crippen LogP contribution is -2.48. The van der Waals surface area contributed by atoms with Gasteiger partial charge in [-0.25, -0.2) is 0 Å². The normalized spacial score (nSPS) is 21.8. The number of nitrogens with one attached hydrogen (secondary N) is 1. The summed E-state index contributed by atoms with van der Waals surface area (Å²) in [5, 5.41) is 14.0. The fourth-order valence-corrected chi connectivity index (χ4v) is 2.88. The number of nitrogens with zero attached hydrogens (tertiary/aromatic N) is 1. The van der Waals surface area contributed by atoms with Crippen LogP contribution in [0.2, 0.25) is 5.02 Å². The fraction of sp³-hybridized carbons (Fsp3) is 0.375. The first-order chi connectivity index (χ1) is 10.6. The minimum atomic E-state index is -0.685. The molecule has 0 spiro atoms. The van der Waals surface area contributed by atoms with Gasteiger partial charge in [0.15, 0.2) is 0 Å². The van der Waals surface area contributed by atoms with Gasteiger partial charge in [-0.15, -0.1) is 0 Å². The van der Waals surface area contributed by atoms with Gasteiger partial charge in [-0.05, 0) is 25.5 Å². The average Bonchev–Trinajstić information content (AvgIpc) is 2.50. The zero-order chi connectivity index (χ0) is 15.7. The van der Waals surface area contributed by atoms with Crippen LogP contribution in [0.5, 0.6) is 0 Å². The number of aliphatic hydroxyl groups is 1. The van der Waals surface area contributed by atoms with Gasteiger partial charge in [0, 0.05) is 17.7 Å². The number of aromatic nitrogens is 1. The number of hydrogen-bond acceptors (Lipinski definition) is 4. The van der Waals surface area contributed by atoms with Crippen molar-refractivity contribution in [2.45, 2.75) is 25.5 Å². The summed E-state index contributed by atoms with van der Waals surface area (Å²) in [6, 6.07) is 6.80. The zero-order valence-corrected chi connectivity index (χ0v) is 12.9. The number of halogens is 1. The van der Waals surface area contributed by atoms with Crippen LogP contribution < -0.4 is 5.32 Å². The highest BCUT2D eigenvalue weighted by Gasteiger charge is 2.26. The molecule has 0 aliphatic carbocycles. The first kappa shape index (κ1) is 15.2. The Kier molecular flexibility index (Phi) is 4.29. The van der Waals surface area contributed by atoms with E-state index in [1.165, 1.54) is 0 Å². The molecule has 2 heterocycles. The van der Waals surface area contributed by atoms with Crippen molar-refractivity contribution in [1.29, 1.82) is 0 Å². The number of amides is 1. The minimum Gasteiger partial charge on any atom is -0.389 e. The molecule has 6 heteroatoms. The molecule has 0 radical (unpaired) electrons. The highest BCUT2D eigenvalue weighted by molar-refractivity contribution is 6.35. The number of aryl methyl sites for hydroxylation is 1. The van der Waals surface area contributed by atoms with E-state index in [-0.39, 0.29) is 18.6 Å². The zero-order valence-electron chi connectivity index (χ0n) is 12.2. The maximum Gasteiger partial charge on any atom is 0.252 e. The number of aliphatic hydroxyl groups excluding tert-OH is 1. The molecule has 1 fully saturated rings. The average molecular weight is 321 g/mol. The van der Waals surface area contributed by atoms with Gasteiger partial charge in [-0.1, -0.05) is 23.7 Å². The third-order valence-electron chi connectivity index (χ3n) is 3.81. The van der Waals surface area contributed by atoms with E-state index in [2.05, 4.69) is 10.3 Å². The van der Waals surface area contributed by atoms with E-state index in [4.69, 9.17) is 16.3 Å². The molecule has 0 unspecified atom stereocenters. The largest absolute Gasteiger partial charge is 0.389 e. The van der Waals surface area contributed by atoms with Gasteiger partial charge in [-0.2, -0.15) is 0 Å². The second kappa shape index (κ2) is 6.20. The monoisotopic (exact) mass is 320 g/mol. The Balaban J connectivity index is 1.95. The molecule has 1 aliphatic heterocycles. The van der Waals surface area contributed by atoms with Crippen molar-refractivity contribution in [3.8, 4) is 0 Å². The second-order valence-electron chi connectivity index (χ2n) is 5.46. The van der Waals surface area contributed by atoms with Crippen LogP contribution in [0.15, 0.2) is 24.3 Å². The highest BCUT2D eigenvalue weighted by Crippen LogP contribution is 2.25. The SMILES string of the molecule is Cc1cc(C(=O)N[C@@H]2CCOC[C@H]2O)c2cccc(Cl)c2n1. The quantitative estimate of drug-likeness (QED) is 0.888. The van der Waals surface area contributed by atoms with E-state index in [0.29, 0.717) is 34.5 Å². The molecule has 0 saturated carbocycles. The second-order valence-corrected chi connectivity index (χ2v) is 5.87. The number of carbonyl (C=O) groups excluding carboxylic acids is 1. The van der Waals surface area contributed by atoms with Gasteiger partial charge in [0.1, 0.15) is 0 Å². The molecule has 2 atom stereocenters. The van der Waals surface area contributed by atoms with Crippen LogP contribution in [0.1, 0.15) is 22.5 Å². The Labute approximate surface area is 133 Å². The molecule has 0 bridgehead atoms. The van der Waals surface area contributed by atoms with E-state index < -0.39 is 6.10 Å². The molecule has 1 aliphatic rings. The summed E-state index contributed by atoms with van der Waals surface area (Å²) >= 11 is 6.17. The van der Waals surface area contributed by atoms with Crippen molar-refractivity contribution < 1.29 is 14.6 Å². The molecule has 3 rings (SSSR count). The Morgan fingerprint density at radius 2 is 2.32 bits per heavy atom. The van der Waals surface area contributed by atoms with Crippen LogP contribution in [0.4, 0.5) is 0 Å².